The van der Waals surface area contributed by atoms with Crippen molar-refractivity contribution in [2.75, 3.05) is 49.7 Å². The van der Waals surface area contributed by atoms with Crippen molar-refractivity contribution in [2.45, 2.75) is 50.0 Å². The second-order valence-electron chi connectivity index (χ2n) is 13.4. The molecule has 11 nitrogen and oxygen atoms in total. The first-order valence-corrected chi connectivity index (χ1v) is 16.8. The van der Waals surface area contributed by atoms with Gasteiger partial charge in [0, 0.05) is 68.2 Å². The smallest absolute Gasteiger partial charge is 0.322 e. The quantitative estimate of drug-likeness (QED) is 0.181. The zero-order chi connectivity index (χ0) is 35.9. The number of phenols is 1. The van der Waals surface area contributed by atoms with E-state index in [9.17, 15) is 18.7 Å². The van der Waals surface area contributed by atoms with Gasteiger partial charge in [-0.3, -0.25) is 9.78 Å². The minimum Gasteiger partial charge on any atom is -0.508 e. The van der Waals surface area contributed by atoms with Crippen LogP contribution >= 0.6 is 0 Å². The Kier molecular flexibility index (Phi) is 9.01. The number of likely N-dealkylation sites (tertiary alicyclic amines) is 1. The number of amides is 1. The molecule has 1 unspecified atom stereocenters. The number of hydrogen-bond donors (Lipinski definition) is 1. The number of halogens is 2. The highest BCUT2D eigenvalue weighted by molar-refractivity contribution is 5.93. The molecule has 1 amide bonds. The number of benzene rings is 2. The molecule has 13 heteroatoms. The van der Waals surface area contributed by atoms with Gasteiger partial charge in [0.1, 0.15) is 31.0 Å². The Morgan fingerprint density at radius 1 is 1.27 bits per heavy atom. The number of carbonyl (C=O) groups is 1. The van der Waals surface area contributed by atoms with Crippen LogP contribution in [0.2, 0.25) is 0 Å². The summed E-state index contributed by atoms with van der Waals surface area (Å²) in [5.74, 6) is 2.33. The second-order valence-corrected chi connectivity index (χ2v) is 13.4. The van der Waals surface area contributed by atoms with Gasteiger partial charge in [-0.1, -0.05) is 18.6 Å². The molecule has 3 aliphatic heterocycles. The summed E-state index contributed by atoms with van der Waals surface area (Å²) in [4.78, 5) is 31.7. The molecule has 5 heterocycles. The maximum absolute atomic E-state index is 14.9. The highest BCUT2D eigenvalue weighted by atomic mass is 19.1. The van der Waals surface area contributed by atoms with Crippen LogP contribution in [0.15, 0.2) is 61.4 Å². The lowest BCUT2D eigenvalue weighted by molar-refractivity contribution is -0.126. The Hall–Kier alpha value is -5.64. The number of fused-ring (bicyclic) bond motifs is 2. The van der Waals surface area contributed by atoms with Crippen LogP contribution in [0.3, 0.4) is 0 Å². The largest absolute Gasteiger partial charge is 0.508 e. The summed E-state index contributed by atoms with van der Waals surface area (Å²) in [5.41, 5.74) is 0.536. The summed E-state index contributed by atoms with van der Waals surface area (Å²) >= 11 is 0. The molecule has 2 aromatic carbocycles. The van der Waals surface area contributed by atoms with Gasteiger partial charge in [0.2, 0.25) is 11.7 Å². The van der Waals surface area contributed by atoms with Crippen LogP contribution in [-0.4, -0.2) is 88.5 Å². The Balaban J connectivity index is 1.24. The molecule has 2 fully saturated rings. The molecule has 7 rings (SSSR count). The van der Waals surface area contributed by atoms with E-state index in [1.807, 2.05) is 35.9 Å². The van der Waals surface area contributed by atoms with Gasteiger partial charge in [0.25, 0.3) is 5.88 Å². The van der Waals surface area contributed by atoms with Crippen molar-refractivity contribution >= 4 is 28.2 Å². The average Bonchev–Trinajstić information content (AvgIpc) is 3.72. The van der Waals surface area contributed by atoms with Crippen LogP contribution in [0, 0.1) is 18.2 Å². The molecule has 264 valence electrons. The molecule has 1 N–H and O–H groups in total. The minimum absolute atomic E-state index is 0.0281. The number of pyridine rings is 1. The van der Waals surface area contributed by atoms with E-state index in [2.05, 4.69) is 22.5 Å². The number of alkyl halides is 1. The summed E-state index contributed by atoms with van der Waals surface area (Å²) < 4.78 is 48.9. The standard InChI is InChI=1S/C38H38F2N6O5/c1-5-28-30(40)10-9-23-16-27(47)17-29(33(23)28)31-21-49-34-35(44(4)20-26-8-7-15-45(26)32(48)6-2)42-37(43-36(34)51-31)50-22-38(3)18-24(39)19-46(38)25-11-13-41-14-12-25/h1,6,9-14,16-17,24,26,31,47H,2,7-8,15,18-22H2,3-4H3/t24-,26+,31?,38+/m1/s1. The van der Waals surface area contributed by atoms with E-state index in [0.29, 0.717) is 35.2 Å². The van der Waals surface area contributed by atoms with E-state index in [1.165, 1.54) is 30.3 Å². The van der Waals surface area contributed by atoms with Gasteiger partial charge in [-0.15, -0.1) is 6.42 Å². The number of aromatic nitrogens is 3. The third-order valence-corrected chi connectivity index (χ3v) is 9.86. The predicted molar refractivity (Wildman–Crippen MR) is 188 cm³/mol. The molecule has 4 atom stereocenters. The topological polar surface area (TPSA) is 113 Å². The van der Waals surface area contributed by atoms with Crippen molar-refractivity contribution in [2.24, 2.45) is 0 Å². The molecular weight excluding hydrogens is 658 g/mol. The van der Waals surface area contributed by atoms with Crippen molar-refractivity contribution in [3.63, 3.8) is 0 Å². The monoisotopic (exact) mass is 696 g/mol. The SMILES string of the molecule is C#Cc1c(F)ccc2cc(O)cc(C3COc4c(nc(OC[C@]5(C)C[C@@H](F)CN5c5ccncc5)nc4N(C)C[C@@H]4CCCN4C(=O)C=C)O3)c12. The lowest BCUT2D eigenvalue weighted by Gasteiger charge is -2.36. The highest BCUT2D eigenvalue weighted by Gasteiger charge is 2.44. The average molecular weight is 697 g/mol. The molecular formula is C38H38F2N6O5. The zero-order valence-corrected chi connectivity index (χ0v) is 28.4. The van der Waals surface area contributed by atoms with Gasteiger partial charge in [0.05, 0.1) is 11.1 Å². The molecule has 3 aliphatic rings. The molecule has 0 aliphatic carbocycles. The Morgan fingerprint density at radius 2 is 2.08 bits per heavy atom. The van der Waals surface area contributed by atoms with E-state index in [-0.39, 0.29) is 67.1 Å². The predicted octanol–water partition coefficient (Wildman–Crippen LogP) is 5.36. The van der Waals surface area contributed by atoms with E-state index in [4.69, 9.17) is 25.6 Å². The number of terminal acetylenes is 1. The second kappa shape index (κ2) is 13.6. The number of rotatable bonds is 9. The molecule has 0 radical (unpaired) electrons. The summed E-state index contributed by atoms with van der Waals surface area (Å²) in [6.45, 7) is 6.84. The first kappa shape index (κ1) is 33.8. The van der Waals surface area contributed by atoms with Crippen LogP contribution in [-0.2, 0) is 4.79 Å². The first-order valence-electron chi connectivity index (χ1n) is 16.8. The van der Waals surface area contributed by atoms with Crippen molar-refractivity contribution in [3.8, 4) is 35.7 Å². The number of aromatic hydroxyl groups is 1. The lowest BCUT2D eigenvalue weighted by Crippen LogP contribution is -2.46. The maximum Gasteiger partial charge on any atom is 0.322 e. The van der Waals surface area contributed by atoms with Crippen molar-refractivity contribution in [1.82, 2.24) is 19.9 Å². The lowest BCUT2D eigenvalue weighted by atomic mass is 9.95. The fraction of sp³-hybridized carbons (Fsp3) is 0.368. The molecule has 0 spiro atoms. The Morgan fingerprint density at radius 3 is 2.84 bits per heavy atom. The fourth-order valence-corrected chi connectivity index (χ4v) is 7.47. The summed E-state index contributed by atoms with van der Waals surface area (Å²) in [6.07, 6.45) is 10.3. The van der Waals surface area contributed by atoms with E-state index < -0.39 is 23.6 Å². The van der Waals surface area contributed by atoms with Gasteiger partial charge >= 0.3 is 6.01 Å². The van der Waals surface area contributed by atoms with Crippen LogP contribution in [0.4, 0.5) is 20.3 Å². The normalized spacial score (nSPS) is 22.5. The zero-order valence-electron chi connectivity index (χ0n) is 28.4. The van der Waals surface area contributed by atoms with Crippen LogP contribution in [0.5, 0.6) is 23.4 Å². The van der Waals surface area contributed by atoms with Crippen molar-refractivity contribution in [3.05, 3.63) is 78.4 Å². The van der Waals surface area contributed by atoms with Crippen LogP contribution < -0.4 is 24.0 Å². The van der Waals surface area contributed by atoms with Gasteiger partial charge in [-0.2, -0.15) is 9.97 Å². The third-order valence-electron chi connectivity index (χ3n) is 9.86. The number of carbonyl (C=O) groups excluding carboxylic acids is 1. The highest BCUT2D eigenvalue weighted by Crippen LogP contribution is 2.45. The molecule has 2 aromatic heterocycles. The number of anilines is 2. The third kappa shape index (κ3) is 6.42. The molecule has 4 aromatic rings. The maximum atomic E-state index is 14.9. The molecule has 0 bridgehead atoms. The van der Waals surface area contributed by atoms with Crippen LogP contribution in [0.1, 0.15) is 43.4 Å². The fourth-order valence-electron chi connectivity index (χ4n) is 7.47. The number of likely N-dealkylation sites (N-methyl/N-ethyl adjacent to an activating group) is 1. The van der Waals surface area contributed by atoms with Gasteiger partial charge in [-0.05, 0) is 61.6 Å². The minimum atomic E-state index is -1.07. The number of hydrogen-bond acceptors (Lipinski definition) is 10. The van der Waals surface area contributed by atoms with Crippen molar-refractivity contribution in [1.29, 1.82) is 0 Å². The van der Waals surface area contributed by atoms with Crippen LogP contribution in [0.25, 0.3) is 10.8 Å². The van der Waals surface area contributed by atoms with Gasteiger partial charge in [0.15, 0.2) is 11.9 Å². The molecule has 0 saturated carbocycles. The number of nitrogens with zero attached hydrogens (tertiary/aromatic N) is 6. The van der Waals surface area contributed by atoms with Gasteiger partial charge < -0.3 is 34.0 Å². The van der Waals surface area contributed by atoms with E-state index in [0.717, 1.165) is 18.5 Å². The number of ether oxygens (including phenoxy) is 3. The molecule has 51 heavy (non-hydrogen) atoms. The summed E-state index contributed by atoms with van der Waals surface area (Å²) in [6, 6.07) is 9.30. The van der Waals surface area contributed by atoms with E-state index >= 15 is 0 Å². The van der Waals surface area contributed by atoms with Gasteiger partial charge in [-0.25, -0.2) is 8.78 Å². The Labute approximate surface area is 294 Å². The summed E-state index contributed by atoms with van der Waals surface area (Å²) in [5, 5.41) is 11.5. The number of phenolic OH excluding ortho intramolecular Hbond substituents is 1. The summed E-state index contributed by atoms with van der Waals surface area (Å²) in [7, 11) is 1.83. The first-order chi connectivity index (χ1) is 24.6. The van der Waals surface area contributed by atoms with Crippen molar-refractivity contribution < 1.29 is 32.9 Å². The van der Waals surface area contributed by atoms with E-state index in [1.54, 1.807) is 17.3 Å². The molecule has 2 saturated heterocycles. The Bertz CT molecular complexity index is 2030.